The molecule has 0 spiro atoms. The van der Waals surface area contributed by atoms with Crippen LogP contribution in [-0.4, -0.2) is 17.6 Å². The topological polar surface area (TPSA) is 39.2 Å². The molecule has 4 heteroatoms. The van der Waals surface area contributed by atoms with Crippen LogP contribution in [0.25, 0.3) is 0 Å². The fraction of sp³-hybridized carbons (Fsp3) is 0.455. The van der Waals surface area contributed by atoms with Gasteiger partial charge >= 0.3 is 5.97 Å². The van der Waals surface area contributed by atoms with Gasteiger partial charge in [-0.25, -0.2) is 9.78 Å². The molecule has 1 rings (SSSR count). The predicted octanol–water partition coefficient (Wildman–Crippen LogP) is 2.57. The van der Waals surface area contributed by atoms with Gasteiger partial charge in [-0.05, 0) is 18.6 Å². The zero-order chi connectivity index (χ0) is 11.1. The summed E-state index contributed by atoms with van der Waals surface area (Å²) in [5.74, 6) is -1.05. The van der Waals surface area contributed by atoms with Crippen LogP contribution in [0.4, 0.5) is 4.39 Å². The van der Waals surface area contributed by atoms with Gasteiger partial charge in [0.15, 0.2) is 0 Å². The minimum Gasteiger partial charge on any atom is -0.462 e. The van der Waals surface area contributed by atoms with Gasteiger partial charge in [-0.1, -0.05) is 19.8 Å². The zero-order valence-corrected chi connectivity index (χ0v) is 8.70. The van der Waals surface area contributed by atoms with Gasteiger partial charge in [0.25, 0.3) is 0 Å². The third-order valence-electron chi connectivity index (χ3n) is 1.94. The number of hydrogen-bond acceptors (Lipinski definition) is 3. The van der Waals surface area contributed by atoms with Crippen molar-refractivity contribution in [2.24, 2.45) is 0 Å². The molecule has 1 heterocycles. The molecule has 3 nitrogen and oxygen atoms in total. The zero-order valence-electron chi connectivity index (χ0n) is 8.70. The number of pyridine rings is 1. The molecule has 0 aliphatic heterocycles. The number of aromatic nitrogens is 1. The summed E-state index contributed by atoms with van der Waals surface area (Å²) in [6.07, 6.45) is 4.15. The molecular weight excluding hydrogens is 197 g/mol. The van der Waals surface area contributed by atoms with E-state index in [4.69, 9.17) is 4.74 Å². The predicted molar refractivity (Wildman–Crippen MR) is 54.0 cm³/mol. The highest BCUT2D eigenvalue weighted by atomic mass is 19.1. The quantitative estimate of drug-likeness (QED) is 0.427. The molecule has 1 aromatic heterocycles. The Hall–Kier alpha value is -1.45. The second kappa shape index (κ2) is 6.11. The minimum absolute atomic E-state index is 0.285. The Bertz CT molecular complexity index is 311. The number of halogens is 1. The van der Waals surface area contributed by atoms with Gasteiger partial charge in [0.2, 0.25) is 5.95 Å². The molecule has 0 aliphatic rings. The highest BCUT2D eigenvalue weighted by Gasteiger charge is 2.06. The van der Waals surface area contributed by atoms with Crippen LogP contribution in [-0.2, 0) is 4.74 Å². The largest absolute Gasteiger partial charge is 0.462 e. The lowest BCUT2D eigenvalue weighted by Crippen LogP contribution is -2.07. The van der Waals surface area contributed by atoms with Crippen molar-refractivity contribution in [3.63, 3.8) is 0 Å². The Kier molecular flexibility index (Phi) is 4.74. The van der Waals surface area contributed by atoms with Crippen LogP contribution in [0.2, 0.25) is 0 Å². The van der Waals surface area contributed by atoms with Gasteiger partial charge < -0.3 is 4.74 Å². The van der Waals surface area contributed by atoms with E-state index in [1.54, 1.807) is 0 Å². The molecule has 0 aromatic carbocycles. The number of ether oxygens (including phenoxy) is 1. The van der Waals surface area contributed by atoms with Crippen LogP contribution in [0, 0.1) is 5.95 Å². The molecule has 15 heavy (non-hydrogen) atoms. The lowest BCUT2D eigenvalue weighted by atomic mass is 10.2. The van der Waals surface area contributed by atoms with Crippen molar-refractivity contribution in [1.29, 1.82) is 0 Å². The van der Waals surface area contributed by atoms with Crippen molar-refractivity contribution in [3.8, 4) is 0 Å². The number of unbranched alkanes of at least 4 members (excludes halogenated alkanes) is 2. The van der Waals surface area contributed by atoms with Gasteiger partial charge in [-0.3, -0.25) is 0 Å². The highest BCUT2D eigenvalue weighted by molar-refractivity contribution is 5.88. The van der Waals surface area contributed by atoms with Crippen LogP contribution in [0.5, 0.6) is 0 Å². The second-order valence-electron chi connectivity index (χ2n) is 3.21. The van der Waals surface area contributed by atoms with Crippen molar-refractivity contribution in [3.05, 3.63) is 29.8 Å². The van der Waals surface area contributed by atoms with Crippen LogP contribution >= 0.6 is 0 Å². The van der Waals surface area contributed by atoms with E-state index in [-0.39, 0.29) is 5.56 Å². The first kappa shape index (κ1) is 11.6. The Morgan fingerprint density at radius 1 is 1.47 bits per heavy atom. The van der Waals surface area contributed by atoms with Gasteiger partial charge in [0, 0.05) is 6.20 Å². The number of nitrogens with zero attached hydrogens (tertiary/aromatic N) is 1. The Morgan fingerprint density at radius 2 is 2.27 bits per heavy atom. The third kappa shape index (κ3) is 4.06. The first-order valence-corrected chi connectivity index (χ1v) is 5.02. The molecule has 0 aliphatic carbocycles. The summed E-state index contributed by atoms with van der Waals surface area (Å²) in [5, 5.41) is 0. The smallest absolute Gasteiger partial charge is 0.339 e. The van der Waals surface area contributed by atoms with Gasteiger partial charge in [0.1, 0.15) is 0 Å². The molecule has 0 atom stereocenters. The Balaban J connectivity index is 2.37. The lowest BCUT2D eigenvalue weighted by molar-refractivity contribution is 0.0497. The lowest BCUT2D eigenvalue weighted by Gasteiger charge is -2.03. The monoisotopic (exact) mass is 211 g/mol. The Morgan fingerprint density at radius 3 is 2.87 bits per heavy atom. The standard InChI is InChI=1S/C11H14FNO2/c1-2-3-4-7-15-11(14)9-5-6-10(12)13-8-9/h5-6,8H,2-4,7H2,1H3. The first-order valence-electron chi connectivity index (χ1n) is 5.02. The molecule has 0 bridgehead atoms. The van der Waals surface area contributed by atoms with Crippen molar-refractivity contribution >= 4 is 5.97 Å². The Labute approximate surface area is 88.3 Å². The average molecular weight is 211 g/mol. The number of carbonyl (C=O) groups is 1. The molecule has 82 valence electrons. The molecule has 0 fully saturated rings. The summed E-state index contributed by atoms with van der Waals surface area (Å²) in [4.78, 5) is 14.7. The van der Waals surface area contributed by atoms with Crippen molar-refractivity contribution in [2.45, 2.75) is 26.2 Å². The van der Waals surface area contributed by atoms with Gasteiger partial charge in [-0.2, -0.15) is 4.39 Å². The van der Waals surface area contributed by atoms with Gasteiger partial charge in [0.05, 0.1) is 12.2 Å². The molecular formula is C11H14FNO2. The maximum atomic E-state index is 12.4. The van der Waals surface area contributed by atoms with Crippen molar-refractivity contribution < 1.29 is 13.9 Å². The van der Waals surface area contributed by atoms with Crippen LogP contribution < -0.4 is 0 Å². The summed E-state index contributed by atoms with van der Waals surface area (Å²) in [6, 6.07) is 2.51. The minimum atomic E-state index is -0.600. The third-order valence-corrected chi connectivity index (χ3v) is 1.94. The number of hydrogen-bond donors (Lipinski definition) is 0. The molecule has 0 saturated carbocycles. The number of carbonyl (C=O) groups excluding carboxylic acids is 1. The SMILES string of the molecule is CCCCCOC(=O)c1ccc(F)nc1. The van der Waals surface area contributed by atoms with Gasteiger partial charge in [-0.15, -0.1) is 0 Å². The van der Waals surface area contributed by atoms with E-state index in [0.29, 0.717) is 6.61 Å². The summed E-state index contributed by atoms with van der Waals surface area (Å²) >= 11 is 0. The fourth-order valence-electron chi connectivity index (χ4n) is 1.10. The fourth-order valence-corrected chi connectivity index (χ4v) is 1.10. The maximum absolute atomic E-state index is 12.4. The van der Waals surface area contributed by atoms with E-state index in [1.807, 2.05) is 0 Å². The molecule has 1 aromatic rings. The molecule has 0 unspecified atom stereocenters. The summed E-state index contributed by atoms with van der Waals surface area (Å²) in [5.41, 5.74) is 0.285. The number of esters is 1. The van der Waals surface area contributed by atoms with Crippen LogP contribution in [0.15, 0.2) is 18.3 Å². The molecule has 0 radical (unpaired) electrons. The van der Waals surface area contributed by atoms with Crippen molar-refractivity contribution in [1.82, 2.24) is 4.98 Å². The van der Waals surface area contributed by atoms with Crippen LogP contribution in [0.1, 0.15) is 36.5 Å². The van der Waals surface area contributed by atoms with E-state index < -0.39 is 11.9 Å². The highest BCUT2D eigenvalue weighted by Crippen LogP contribution is 2.02. The van der Waals surface area contributed by atoms with Crippen LogP contribution in [0.3, 0.4) is 0 Å². The summed E-state index contributed by atoms with van der Waals surface area (Å²) in [6.45, 7) is 2.48. The summed E-state index contributed by atoms with van der Waals surface area (Å²) < 4.78 is 17.4. The van der Waals surface area contributed by atoms with E-state index in [0.717, 1.165) is 25.3 Å². The molecule has 0 saturated heterocycles. The normalized spacial score (nSPS) is 10.0. The second-order valence-corrected chi connectivity index (χ2v) is 3.21. The van der Waals surface area contributed by atoms with E-state index in [1.165, 1.54) is 12.3 Å². The van der Waals surface area contributed by atoms with E-state index in [2.05, 4.69) is 11.9 Å². The maximum Gasteiger partial charge on any atom is 0.339 e. The summed E-state index contributed by atoms with van der Waals surface area (Å²) in [7, 11) is 0. The average Bonchev–Trinajstić information content (AvgIpc) is 2.25. The molecule has 0 amide bonds. The van der Waals surface area contributed by atoms with E-state index in [9.17, 15) is 9.18 Å². The number of rotatable bonds is 5. The van der Waals surface area contributed by atoms with E-state index >= 15 is 0 Å². The van der Waals surface area contributed by atoms with Crippen molar-refractivity contribution in [2.75, 3.05) is 6.61 Å². The molecule has 0 N–H and O–H groups in total. The first-order chi connectivity index (χ1) is 7.24.